The Morgan fingerprint density at radius 3 is 2.36 bits per heavy atom. The molecule has 1 saturated heterocycles. The second kappa shape index (κ2) is 5.14. The van der Waals surface area contributed by atoms with E-state index >= 15 is 0 Å². The van der Waals surface area contributed by atoms with Gasteiger partial charge in [-0.25, -0.2) is 4.79 Å². The molecule has 112 valence electrons. The molecule has 22 heavy (non-hydrogen) atoms. The number of nitrogens with zero attached hydrogens (tertiary/aromatic N) is 1. The van der Waals surface area contributed by atoms with Gasteiger partial charge in [0.25, 0.3) is 11.8 Å². The van der Waals surface area contributed by atoms with Crippen LogP contribution in [-0.2, 0) is 9.59 Å². The molecule has 0 spiro atoms. The molecule has 2 aliphatic heterocycles. The van der Waals surface area contributed by atoms with Crippen molar-refractivity contribution in [2.24, 2.45) is 0 Å². The lowest BCUT2D eigenvalue weighted by atomic mass is 10.00. The van der Waals surface area contributed by atoms with Gasteiger partial charge < -0.3 is 4.90 Å². The first-order valence-corrected chi connectivity index (χ1v) is 6.98. The predicted molar refractivity (Wildman–Crippen MR) is 81.9 cm³/mol. The van der Waals surface area contributed by atoms with Gasteiger partial charge in [-0.1, -0.05) is 17.7 Å². The number of imide groups is 2. The van der Waals surface area contributed by atoms with Crippen LogP contribution in [0, 0.1) is 6.92 Å². The summed E-state index contributed by atoms with van der Waals surface area (Å²) in [7, 11) is 0. The minimum Gasteiger partial charge on any atom is -0.340 e. The second-order valence-electron chi connectivity index (χ2n) is 5.14. The van der Waals surface area contributed by atoms with Crippen molar-refractivity contribution >= 4 is 29.6 Å². The number of anilines is 1. The highest BCUT2D eigenvalue weighted by molar-refractivity contribution is 6.29. The first-order chi connectivity index (χ1) is 10.5. The summed E-state index contributed by atoms with van der Waals surface area (Å²) >= 11 is 0. The van der Waals surface area contributed by atoms with E-state index in [2.05, 4.69) is 10.6 Å². The quantitative estimate of drug-likeness (QED) is 0.608. The molecule has 0 aliphatic carbocycles. The van der Waals surface area contributed by atoms with Crippen LogP contribution in [0.2, 0.25) is 0 Å². The fourth-order valence-corrected chi connectivity index (χ4v) is 2.70. The summed E-state index contributed by atoms with van der Waals surface area (Å²) in [5.41, 5.74) is 3.52. The van der Waals surface area contributed by atoms with Crippen LogP contribution in [0.1, 0.15) is 18.1 Å². The van der Waals surface area contributed by atoms with Crippen LogP contribution < -0.4 is 15.5 Å². The van der Waals surface area contributed by atoms with Gasteiger partial charge in [0.15, 0.2) is 0 Å². The predicted octanol–water partition coefficient (Wildman–Crippen LogP) is 1.47. The van der Waals surface area contributed by atoms with Crippen molar-refractivity contribution < 1.29 is 14.4 Å². The van der Waals surface area contributed by atoms with Gasteiger partial charge in [0, 0.05) is 12.2 Å². The maximum atomic E-state index is 12.0. The number of likely N-dealkylation sites (N-methyl/N-ethyl adjacent to an activating group) is 1. The summed E-state index contributed by atoms with van der Waals surface area (Å²) in [6.45, 7) is 4.53. The van der Waals surface area contributed by atoms with Crippen molar-refractivity contribution in [2.45, 2.75) is 13.8 Å². The van der Waals surface area contributed by atoms with E-state index in [4.69, 9.17) is 0 Å². The van der Waals surface area contributed by atoms with Crippen molar-refractivity contribution in [3.05, 3.63) is 46.7 Å². The molecule has 6 heteroatoms. The molecule has 1 fully saturated rings. The van der Waals surface area contributed by atoms with Gasteiger partial charge in [-0.05, 0) is 37.6 Å². The lowest BCUT2D eigenvalue weighted by molar-refractivity contribution is -0.124. The molecular weight excluding hydrogens is 282 g/mol. The van der Waals surface area contributed by atoms with E-state index in [1.807, 2.05) is 43.0 Å². The number of carbonyl (C=O) groups excluding carboxylic acids is 3. The van der Waals surface area contributed by atoms with Crippen LogP contribution in [0.25, 0.3) is 6.08 Å². The first-order valence-electron chi connectivity index (χ1n) is 6.98. The zero-order valence-corrected chi connectivity index (χ0v) is 12.3. The van der Waals surface area contributed by atoms with Crippen LogP contribution in [0.15, 0.2) is 35.5 Å². The highest BCUT2D eigenvalue weighted by Crippen LogP contribution is 2.33. The lowest BCUT2D eigenvalue weighted by Gasteiger charge is -2.31. The fraction of sp³-hybridized carbons (Fsp3) is 0.188. The lowest BCUT2D eigenvalue weighted by Crippen LogP contribution is -2.52. The Labute approximate surface area is 127 Å². The molecule has 3 rings (SSSR count). The second-order valence-corrected chi connectivity index (χ2v) is 5.14. The van der Waals surface area contributed by atoms with Crippen molar-refractivity contribution in [2.75, 3.05) is 11.4 Å². The molecule has 2 N–H and O–H groups in total. The Bertz CT molecular complexity index is 740. The molecule has 6 nitrogen and oxygen atoms in total. The maximum absolute atomic E-state index is 12.0. The van der Waals surface area contributed by atoms with E-state index in [1.54, 1.807) is 6.08 Å². The molecule has 0 bridgehead atoms. The number of allylic oxidation sites excluding steroid dienone is 1. The van der Waals surface area contributed by atoms with Crippen LogP contribution in [0.3, 0.4) is 0 Å². The standard InChI is InChI=1S/C16H15N3O3/c1-3-19-11-6-4-9(2)8-10(11)5-7-12(19)13-14(20)17-16(22)18-15(13)21/h4-8H,3H2,1-2H3,(H2,17,18,20,21,22). The minimum absolute atomic E-state index is 0.0519. The molecule has 0 unspecified atom stereocenters. The Kier molecular flexibility index (Phi) is 3.29. The topological polar surface area (TPSA) is 78.5 Å². The van der Waals surface area contributed by atoms with E-state index in [0.29, 0.717) is 12.2 Å². The van der Waals surface area contributed by atoms with Crippen LogP contribution in [0.4, 0.5) is 10.5 Å². The molecule has 2 heterocycles. The third kappa shape index (κ3) is 2.18. The third-order valence-corrected chi connectivity index (χ3v) is 3.67. The average molecular weight is 297 g/mol. The van der Waals surface area contributed by atoms with Crippen molar-refractivity contribution in [1.82, 2.24) is 10.6 Å². The van der Waals surface area contributed by atoms with E-state index < -0.39 is 17.8 Å². The van der Waals surface area contributed by atoms with Crippen LogP contribution in [0.5, 0.6) is 0 Å². The van der Waals surface area contributed by atoms with Gasteiger partial charge in [-0.3, -0.25) is 20.2 Å². The summed E-state index contributed by atoms with van der Waals surface area (Å²) in [6.07, 6.45) is 3.60. The number of carbonyl (C=O) groups is 3. The normalized spacial score (nSPS) is 17.4. The fourth-order valence-electron chi connectivity index (χ4n) is 2.70. The molecule has 1 aromatic rings. The summed E-state index contributed by atoms with van der Waals surface area (Å²) in [6, 6.07) is 5.19. The average Bonchev–Trinajstić information content (AvgIpc) is 2.45. The van der Waals surface area contributed by atoms with E-state index in [1.165, 1.54) is 0 Å². The number of amides is 4. The number of barbiturate groups is 1. The summed E-state index contributed by atoms with van der Waals surface area (Å²) in [5, 5.41) is 4.21. The van der Waals surface area contributed by atoms with Gasteiger partial charge in [0.05, 0.1) is 5.70 Å². The molecule has 4 amide bonds. The molecule has 1 aromatic carbocycles. The van der Waals surface area contributed by atoms with Crippen molar-refractivity contribution in [1.29, 1.82) is 0 Å². The van der Waals surface area contributed by atoms with Crippen LogP contribution in [-0.4, -0.2) is 24.4 Å². The van der Waals surface area contributed by atoms with Gasteiger partial charge in [-0.2, -0.15) is 0 Å². The van der Waals surface area contributed by atoms with Crippen molar-refractivity contribution in [3.63, 3.8) is 0 Å². The van der Waals surface area contributed by atoms with E-state index in [0.717, 1.165) is 16.8 Å². The number of aryl methyl sites for hydroxylation is 1. The highest BCUT2D eigenvalue weighted by atomic mass is 16.2. The Hall–Kier alpha value is -2.89. The highest BCUT2D eigenvalue weighted by Gasteiger charge is 2.33. The Balaban J connectivity index is 2.15. The maximum Gasteiger partial charge on any atom is 0.328 e. The van der Waals surface area contributed by atoms with Gasteiger partial charge in [0.1, 0.15) is 5.57 Å². The Morgan fingerprint density at radius 1 is 1.05 bits per heavy atom. The molecule has 0 aromatic heterocycles. The molecule has 0 radical (unpaired) electrons. The van der Waals surface area contributed by atoms with Gasteiger partial charge >= 0.3 is 6.03 Å². The zero-order valence-electron chi connectivity index (χ0n) is 12.3. The third-order valence-electron chi connectivity index (χ3n) is 3.67. The molecule has 2 aliphatic rings. The van der Waals surface area contributed by atoms with E-state index in [-0.39, 0.29) is 5.57 Å². The minimum atomic E-state index is -0.793. The van der Waals surface area contributed by atoms with Gasteiger partial charge in [0.2, 0.25) is 0 Å². The molecule has 0 atom stereocenters. The number of fused-ring (bicyclic) bond motifs is 1. The number of nitrogens with one attached hydrogen (secondary N) is 2. The number of urea groups is 1. The first kappa shape index (κ1) is 14.1. The van der Waals surface area contributed by atoms with E-state index in [9.17, 15) is 14.4 Å². The summed E-state index contributed by atoms with van der Waals surface area (Å²) in [5.74, 6) is -1.36. The number of benzene rings is 1. The monoisotopic (exact) mass is 297 g/mol. The molecule has 0 saturated carbocycles. The Morgan fingerprint density at radius 2 is 1.73 bits per heavy atom. The number of hydrogen-bond acceptors (Lipinski definition) is 4. The molecular formula is C16H15N3O3. The van der Waals surface area contributed by atoms with Gasteiger partial charge in [-0.15, -0.1) is 0 Å². The SMILES string of the molecule is CCN1C(=C2C(=O)NC(=O)NC2=O)C=Cc2cc(C)ccc21. The van der Waals surface area contributed by atoms with Crippen molar-refractivity contribution in [3.8, 4) is 0 Å². The number of hydrogen-bond donors (Lipinski definition) is 2. The van der Waals surface area contributed by atoms with Crippen LogP contribution >= 0.6 is 0 Å². The smallest absolute Gasteiger partial charge is 0.328 e. The summed E-state index contributed by atoms with van der Waals surface area (Å²) < 4.78 is 0. The number of rotatable bonds is 1. The summed E-state index contributed by atoms with van der Waals surface area (Å²) in [4.78, 5) is 37.1. The largest absolute Gasteiger partial charge is 0.340 e. The zero-order chi connectivity index (χ0) is 15.9.